The van der Waals surface area contributed by atoms with Gasteiger partial charge in [-0.3, -0.25) is 4.68 Å². The lowest BCUT2D eigenvalue weighted by Crippen LogP contribution is -1.99. The van der Waals surface area contributed by atoms with E-state index in [4.69, 9.17) is 9.84 Å². The normalized spacial score (nSPS) is 10.7. The van der Waals surface area contributed by atoms with E-state index < -0.39 is 5.97 Å². The van der Waals surface area contributed by atoms with Crippen LogP contribution < -0.4 is 4.74 Å². The molecule has 4 aromatic rings. The van der Waals surface area contributed by atoms with Crippen molar-refractivity contribution in [1.82, 2.24) is 14.8 Å². The highest BCUT2D eigenvalue weighted by atomic mass is 32.1. The quantitative estimate of drug-likeness (QED) is 0.507. The molecular formula is C21H17N3O3S. The van der Waals surface area contributed by atoms with Crippen molar-refractivity contribution in [2.45, 2.75) is 13.2 Å². The van der Waals surface area contributed by atoms with E-state index in [1.807, 2.05) is 59.5 Å². The average molecular weight is 391 g/mol. The van der Waals surface area contributed by atoms with Gasteiger partial charge in [0.2, 0.25) is 0 Å². The Kier molecular flexibility index (Phi) is 5.16. The molecule has 2 heterocycles. The summed E-state index contributed by atoms with van der Waals surface area (Å²) in [5.41, 5.74) is 3.34. The molecule has 6 nitrogen and oxygen atoms in total. The highest BCUT2D eigenvalue weighted by Crippen LogP contribution is 2.23. The topological polar surface area (TPSA) is 77.2 Å². The standard InChI is InChI=1S/C21H17N3O3S/c25-21(26)19-14-28-20(23-19)13-27-18-8-6-16(7-9-18)17-10-22-24(12-17)11-15-4-2-1-3-5-15/h1-10,12,14H,11,13H2,(H,25,26). The number of nitrogens with zero attached hydrogens (tertiary/aromatic N) is 3. The number of carboxylic acids is 1. The van der Waals surface area contributed by atoms with Crippen LogP contribution in [0.5, 0.6) is 5.75 Å². The summed E-state index contributed by atoms with van der Waals surface area (Å²) < 4.78 is 7.61. The molecule has 28 heavy (non-hydrogen) atoms. The van der Waals surface area contributed by atoms with Crippen LogP contribution in [0.2, 0.25) is 0 Å². The lowest BCUT2D eigenvalue weighted by atomic mass is 10.1. The second kappa shape index (κ2) is 8.06. The van der Waals surface area contributed by atoms with E-state index in [9.17, 15) is 4.79 Å². The van der Waals surface area contributed by atoms with Crippen LogP contribution in [0.4, 0.5) is 0 Å². The van der Waals surface area contributed by atoms with Crippen LogP contribution >= 0.6 is 11.3 Å². The van der Waals surface area contributed by atoms with E-state index in [-0.39, 0.29) is 12.3 Å². The third-order valence-electron chi connectivity index (χ3n) is 4.14. The minimum absolute atomic E-state index is 0.0477. The molecule has 0 unspecified atom stereocenters. The summed E-state index contributed by atoms with van der Waals surface area (Å²) in [6.07, 6.45) is 3.87. The molecule has 0 saturated heterocycles. The number of thiazole rings is 1. The minimum atomic E-state index is -1.03. The molecule has 0 atom stereocenters. The number of carbonyl (C=O) groups is 1. The molecule has 0 saturated carbocycles. The van der Waals surface area contributed by atoms with Gasteiger partial charge in [-0.15, -0.1) is 11.3 Å². The predicted octanol–water partition coefficient (Wildman–Crippen LogP) is 4.33. The zero-order valence-electron chi connectivity index (χ0n) is 14.9. The molecule has 1 N–H and O–H groups in total. The molecule has 0 aliphatic rings. The molecule has 0 fully saturated rings. The highest BCUT2D eigenvalue weighted by Gasteiger charge is 2.09. The van der Waals surface area contributed by atoms with E-state index >= 15 is 0 Å². The van der Waals surface area contributed by atoms with Gasteiger partial charge in [0.05, 0.1) is 12.7 Å². The van der Waals surface area contributed by atoms with Crippen LogP contribution in [0.25, 0.3) is 11.1 Å². The van der Waals surface area contributed by atoms with Gasteiger partial charge in [-0.05, 0) is 23.3 Å². The van der Waals surface area contributed by atoms with Crippen LogP contribution in [0, 0.1) is 0 Å². The summed E-state index contributed by atoms with van der Waals surface area (Å²) >= 11 is 1.27. The van der Waals surface area contributed by atoms with Gasteiger partial charge >= 0.3 is 5.97 Å². The van der Waals surface area contributed by atoms with Crippen molar-refractivity contribution in [1.29, 1.82) is 0 Å². The number of hydrogen-bond acceptors (Lipinski definition) is 5. The molecule has 0 aliphatic carbocycles. The third kappa shape index (κ3) is 4.27. The molecule has 0 spiro atoms. The van der Waals surface area contributed by atoms with Gasteiger partial charge in [-0.2, -0.15) is 5.10 Å². The van der Waals surface area contributed by atoms with Crippen LogP contribution in [-0.4, -0.2) is 25.8 Å². The second-order valence-corrected chi connectivity index (χ2v) is 7.10. The Hall–Kier alpha value is -3.45. The Morgan fingerprint density at radius 3 is 2.57 bits per heavy atom. The van der Waals surface area contributed by atoms with Crippen LogP contribution in [-0.2, 0) is 13.2 Å². The Labute approximate surface area is 165 Å². The van der Waals surface area contributed by atoms with E-state index in [2.05, 4.69) is 22.2 Å². The third-order valence-corrected chi connectivity index (χ3v) is 4.96. The maximum atomic E-state index is 10.9. The SMILES string of the molecule is O=C(O)c1csc(COc2ccc(-c3cnn(Cc4ccccc4)c3)cc2)n1. The van der Waals surface area contributed by atoms with Crippen LogP contribution in [0.15, 0.2) is 72.4 Å². The summed E-state index contributed by atoms with van der Waals surface area (Å²) in [4.78, 5) is 14.9. The number of aromatic nitrogens is 3. The van der Waals surface area contributed by atoms with Crippen molar-refractivity contribution in [2.75, 3.05) is 0 Å². The number of hydrogen-bond donors (Lipinski definition) is 1. The summed E-state index contributed by atoms with van der Waals surface area (Å²) in [7, 11) is 0. The fourth-order valence-electron chi connectivity index (χ4n) is 2.73. The average Bonchev–Trinajstić information content (AvgIpc) is 3.37. The van der Waals surface area contributed by atoms with E-state index in [1.54, 1.807) is 0 Å². The molecule has 0 radical (unpaired) electrons. The molecule has 2 aromatic heterocycles. The predicted molar refractivity (Wildman–Crippen MR) is 107 cm³/mol. The first-order chi connectivity index (χ1) is 13.7. The van der Waals surface area contributed by atoms with Crippen molar-refractivity contribution < 1.29 is 14.6 Å². The molecule has 0 bridgehead atoms. The highest BCUT2D eigenvalue weighted by molar-refractivity contribution is 7.09. The number of rotatable bonds is 7. The first-order valence-corrected chi connectivity index (χ1v) is 9.53. The van der Waals surface area contributed by atoms with Crippen molar-refractivity contribution in [3.8, 4) is 16.9 Å². The van der Waals surface area contributed by atoms with Gasteiger partial charge in [-0.25, -0.2) is 9.78 Å². The number of ether oxygens (including phenoxy) is 1. The molecule has 4 rings (SSSR count). The maximum absolute atomic E-state index is 10.9. The van der Waals surface area contributed by atoms with Gasteiger partial charge < -0.3 is 9.84 Å². The van der Waals surface area contributed by atoms with Gasteiger partial charge in [0, 0.05) is 17.1 Å². The van der Waals surface area contributed by atoms with Crippen molar-refractivity contribution in [2.24, 2.45) is 0 Å². The zero-order valence-corrected chi connectivity index (χ0v) is 15.7. The smallest absolute Gasteiger partial charge is 0.355 e. The summed E-state index contributed by atoms with van der Waals surface area (Å²) in [5.74, 6) is -0.327. The second-order valence-electron chi connectivity index (χ2n) is 6.16. The number of carboxylic acid groups (broad SMARTS) is 1. The monoisotopic (exact) mass is 391 g/mol. The summed E-state index contributed by atoms with van der Waals surface area (Å²) in [6, 6.07) is 17.9. The molecule has 7 heteroatoms. The fraction of sp³-hybridized carbons (Fsp3) is 0.0952. The van der Waals surface area contributed by atoms with Crippen molar-refractivity contribution in [3.63, 3.8) is 0 Å². The lowest BCUT2D eigenvalue weighted by Gasteiger charge is -2.05. The van der Waals surface area contributed by atoms with Crippen molar-refractivity contribution >= 4 is 17.3 Å². The minimum Gasteiger partial charge on any atom is -0.486 e. The first kappa shape index (κ1) is 17.9. The Balaban J connectivity index is 1.38. The van der Waals surface area contributed by atoms with E-state index in [0.717, 1.165) is 17.7 Å². The van der Waals surface area contributed by atoms with Gasteiger partial charge in [-0.1, -0.05) is 42.5 Å². The summed E-state index contributed by atoms with van der Waals surface area (Å²) in [5, 5.41) is 15.5. The number of aromatic carboxylic acids is 1. The Bertz CT molecular complexity index is 1070. The molecule has 140 valence electrons. The van der Waals surface area contributed by atoms with E-state index in [1.165, 1.54) is 22.3 Å². The molecule has 0 aliphatic heterocycles. The van der Waals surface area contributed by atoms with Gasteiger partial charge in [0.25, 0.3) is 0 Å². The lowest BCUT2D eigenvalue weighted by molar-refractivity contribution is 0.0691. The molecule has 0 amide bonds. The molecule has 2 aromatic carbocycles. The largest absolute Gasteiger partial charge is 0.486 e. The van der Waals surface area contributed by atoms with Crippen LogP contribution in [0.3, 0.4) is 0 Å². The van der Waals surface area contributed by atoms with Crippen LogP contribution in [0.1, 0.15) is 21.1 Å². The number of benzene rings is 2. The zero-order chi connectivity index (χ0) is 19.3. The first-order valence-electron chi connectivity index (χ1n) is 8.65. The molecular weight excluding hydrogens is 374 g/mol. The van der Waals surface area contributed by atoms with Gasteiger partial charge in [0.15, 0.2) is 5.69 Å². The summed E-state index contributed by atoms with van der Waals surface area (Å²) in [6.45, 7) is 0.973. The van der Waals surface area contributed by atoms with Crippen molar-refractivity contribution in [3.05, 3.63) is 88.6 Å². The maximum Gasteiger partial charge on any atom is 0.355 e. The fourth-order valence-corrected chi connectivity index (χ4v) is 3.41. The van der Waals surface area contributed by atoms with Gasteiger partial charge in [0.1, 0.15) is 17.4 Å². The Morgan fingerprint density at radius 2 is 1.86 bits per heavy atom. The van der Waals surface area contributed by atoms with E-state index in [0.29, 0.717) is 10.8 Å². The Morgan fingerprint density at radius 1 is 1.07 bits per heavy atom.